The standard InChI is InChI=1S/2C31H31N5O4.C30H31BrN4O4.CH4/c2*1-36-23(12-13-35-36)15-33-16-25-24(19-37)28(21-6-4-3-5-7-21)31(22-10-8-20(14-32)9-11-22)30(25,38)29-26(39-2)17-34-18-27(29)40-31;1-35-22(12-13-34-35)14-32-15-24-23(18-36)27(19-6-4-3-5-7-19)30(20-8-10-21(31)11-9-20)29(24,37)28-25(38-2)16-33-17-26(28)39-30;/h2*3-13,17-18,24-25,28,33,37-38H,15-16,19H2,1-2H3;3-13,16-17,23-24,27,32,36-37H,14-15,18H2,1-2H3;1H4/t2*24-,25-,28+,30+,31-;23-,24-,27+,29+,30-;/m000./s1. The van der Waals surface area contributed by atoms with Crippen LogP contribution in [0.3, 0.4) is 0 Å². The monoisotopic (exact) mass is 1680 g/mol. The van der Waals surface area contributed by atoms with Gasteiger partial charge < -0.3 is 75.0 Å². The first-order chi connectivity index (χ1) is 57.9. The van der Waals surface area contributed by atoms with Crippen molar-refractivity contribution in [1.29, 1.82) is 10.5 Å². The molecule has 26 nitrogen and oxygen atoms in total. The second-order valence-electron chi connectivity index (χ2n) is 31.1. The molecule has 0 unspecified atom stereocenters. The highest BCUT2D eigenvalue weighted by Gasteiger charge is 2.79. The molecule has 15 atom stereocenters. The van der Waals surface area contributed by atoms with Crippen LogP contribution >= 0.6 is 15.9 Å². The molecule has 3 saturated carbocycles. The van der Waals surface area contributed by atoms with E-state index < -0.39 is 75.0 Å². The maximum Gasteiger partial charge on any atom is 0.174 e. The van der Waals surface area contributed by atoms with E-state index in [1.54, 1.807) is 111 Å². The Labute approximate surface area is 704 Å². The summed E-state index contributed by atoms with van der Waals surface area (Å²) in [6.45, 7) is 2.31. The van der Waals surface area contributed by atoms with Gasteiger partial charge in [-0.15, -0.1) is 0 Å². The lowest BCUT2D eigenvalue weighted by molar-refractivity contribution is -0.128. The van der Waals surface area contributed by atoms with Gasteiger partial charge in [-0.1, -0.05) is 151 Å². The van der Waals surface area contributed by atoms with Crippen molar-refractivity contribution in [3.8, 4) is 46.6 Å². The first-order valence-corrected chi connectivity index (χ1v) is 40.3. The molecule has 120 heavy (non-hydrogen) atoms. The molecule has 0 amide bonds. The zero-order chi connectivity index (χ0) is 83.0. The molecule has 9 heterocycles. The van der Waals surface area contributed by atoms with Crippen molar-refractivity contribution in [3.05, 3.63) is 321 Å². The topological polar surface area (TPSA) is 353 Å². The number of fused-ring (bicyclic) bond motifs is 9. The van der Waals surface area contributed by atoms with Gasteiger partial charge >= 0.3 is 0 Å². The summed E-state index contributed by atoms with van der Waals surface area (Å²) in [4.78, 5) is 13.0. The number of hydrogen-bond acceptors (Lipinski definition) is 23. The lowest BCUT2D eigenvalue weighted by Crippen LogP contribution is -2.52. The van der Waals surface area contributed by atoms with Gasteiger partial charge in [0, 0.05) is 157 Å². The van der Waals surface area contributed by atoms with Gasteiger partial charge in [0.2, 0.25) is 0 Å². The van der Waals surface area contributed by atoms with Crippen molar-refractivity contribution in [2.24, 2.45) is 56.7 Å². The van der Waals surface area contributed by atoms with Crippen LogP contribution in [-0.4, -0.2) is 136 Å². The number of nitrogens with one attached hydrogen (secondary N) is 3. The first kappa shape index (κ1) is 83.4. The SMILES string of the molecule is C.COc1cncc2c1[C@]1(O)[C@@H](CNCc3ccnn3C)[C@H](CO)[C@@H](c3ccccc3)[C@]1(c1ccc(Br)cc1)O2.COc1cncc2c1[C@]1(O)[C@@H](CNCc3ccnn3C)[C@H](CO)[C@@H](c3ccccc3)[C@]1(c1ccc(C#N)cc1)O2.COc1cncc2c1[C@]1(O)[C@@H](CNCc3ccnn3C)[C@H](CO)[C@@H](c3ccccc3)[C@]1(c1ccc(C#N)cc1)O2. The van der Waals surface area contributed by atoms with Crippen molar-refractivity contribution in [2.45, 2.75) is 78.4 Å². The summed E-state index contributed by atoms with van der Waals surface area (Å²) in [6, 6.07) is 62.1. The Morgan fingerprint density at radius 3 is 0.925 bits per heavy atom. The third-order valence-corrected chi connectivity index (χ3v) is 26.3. The number of hydrogen-bond donors (Lipinski definition) is 9. The van der Waals surface area contributed by atoms with Gasteiger partial charge in [0.15, 0.2) is 16.8 Å². The highest BCUT2D eigenvalue weighted by molar-refractivity contribution is 9.10. The van der Waals surface area contributed by atoms with Crippen LogP contribution in [0.4, 0.5) is 0 Å². The number of aliphatic hydroxyl groups excluding tert-OH is 3. The number of nitrogens with zero attached hydrogens (tertiary/aromatic N) is 11. The van der Waals surface area contributed by atoms with Crippen LogP contribution in [0, 0.1) is 58.2 Å². The summed E-state index contributed by atoms with van der Waals surface area (Å²) < 4.78 is 44.3. The van der Waals surface area contributed by atoms with E-state index in [1.165, 1.54) is 0 Å². The minimum absolute atomic E-state index is 0. The Morgan fingerprint density at radius 1 is 0.408 bits per heavy atom. The van der Waals surface area contributed by atoms with Crippen molar-refractivity contribution in [3.63, 3.8) is 0 Å². The minimum atomic E-state index is -1.63. The highest BCUT2D eigenvalue weighted by Crippen LogP contribution is 2.75. The molecule has 18 rings (SSSR count). The quantitative estimate of drug-likeness (QED) is 0.0271. The molecule has 3 fully saturated rings. The third-order valence-electron chi connectivity index (χ3n) is 25.7. The third kappa shape index (κ3) is 13.2. The largest absolute Gasteiger partial charge is 0.495 e. The van der Waals surface area contributed by atoms with E-state index in [1.807, 2.05) is 184 Å². The van der Waals surface area contributed by atoms with Gasteiger partial charge in [0.1, 0.15) is 51.3 Å². The van der Waals surface area contributed by atoms with Gasteiger partial charge in [-0.2, -0.15) is 25.8 Å². The predicted octanol–water partition coefficient (Wildman–Crippen LogP) is 10.5. The second kappa shape index (κ2) is 34.2. The van der Waals surface area contributed by atoms with Gasteiger partial charge in [-0.05, 0) is 88.0 Å². The fourth-order valence-corrected chi connectivity index (χ4v) is 21.0. The van der Waals surface area contributed by atoms with Crippen molar-refractivity contribution in [2.75, 3.05) is 60.8 Å². The van der Waals surface area contributed by atoms with Crippen molar-refractivity contribution < 1.29 is 59.1 Å². The van der Waals surface area contributed by atoms with Gasteiger partial charge in [0.25, 0.3) is 0 Å². The maximum absolute atomic E-state index is 13.3. The molecule has 9 N–H and O–H groups in total. The number of rotatable bonds is 24. The summed E-state index contributed by atoms with van der Waals surface area (Å²) in [7, 11) is 10.3. The molecule has 0 bridgehead atoms. The number of halogens is 1. The molecule has 6 aromatic heterocycles. The fraction of sp³-hybridized carbons (Fsp3) is 0.333. The zero-order valence-electron chi connectivity index (χ0n) is 66.5. The minimum Gasteiger partial charge on any atom is -0.495 e. The van der Waals surface area contributed by atoms with Crippen LogP contribution in [0.2, 0.25) is 0 Å². The van der Waals surface area contributed by atoms with E-state index in [9.17, 15) is 41.2 Å². The summed E-state index contributed by atoms with van der Waals surface area (Å²) in [6.07, 6.45) is 14.9. The van der Waals surface area contributed by atoms with E-state index in [0.717, 1.165) is 43.8 Å². The number of aliphatic hydroxyl groups is 6. The second-order valence-corrected chi connectivity index (χ2v) is 32.0. The van der Waals surface area contributed by atoms with E-state index in [2.05, 4.69) is 74.3 Å². The molecule has 0 spiro atoms. The van der Waals surface area contributed by atoms with Crippen LogP contribution in [0.1, 0.15) is 103 Å². The smallest absolute Gasteiger partial charge is 0.174 e. The van der Waals surface area contributed by atoms with Gasteiger partial charge in [-0.25, -0.2) is 0 Å². The molecular formula is C93H97BrN14O12. The molecule has 3 aliphatic carbocycles. The van der Waals surface area contributed by atoms with Crippen LogP contribution in [0.25, 0.3) is 0 Å². The van der Waals surface area contributed by atoms with E-state index in [4.69, 9.17) is 28.4 Å². The van der Waals surface area contributed by atoms with Gasteiger partial charge in [0.05, 0.1) is 116 Å². The number of nitriles is 2. The molecule has 12 aromatic rings. The molecule has 3 aliphatic heterocycles. The average molecular weight is 1680 g/mol. The molecule has 0 saturated heterocycles. The molecule has 6 aliphatic rings. The van der Waals surface area contributed by atoms with Crippen molar-refractivity contribution >= 4 is 15.9 Å². The van der Waals surface area contributed by atoms with E-state index in [-0.39, 0.29) is 39.1 Å². The van der Waals surface area contributed by atoms with E-state index >= 15 is 0 Å². The maximum atomic E-state index is 13.3. The normalized spacial score (nSPS) is 26.5. The molecule has 27 heteroatoms. The van der Waals surface area contributed by atoms with E-state index in [0.29, 0.717) is 113 Å². The first-order valence-electron chi connectivity index (χ1n) is 39.5. The summed E-state index contributed by atoms with van der Waals surface area (Å²) in [5.41, 5.74) is 1.91. The highest BCUT2D eigenvalue weighted by atomic mass is 79.9. The fourth-order valence-electron chi connectivity index (χ4n) is 20.7. The lowest BCUT2D eigenvalue weighted by atomic mass is 9.69. The Hall–Kier alpha value is -11.7. The lowest BCUT2D eigenvalue weighted by Gasteiger charge is -2.42. The molecule has 6 aromatic carbocycles. The predicted molar refractivity (Wildman–Crippen MR) is 449 cm³/mol. The van der Waals surface area contributed by atoms with Crippen LogP contribution in [0.5, 0.6) is 34.5 Å². The van der Waals surface area contributed by atoms with Crippen molar-refractivity contribution in [1.82, 2.24) is 60.2 Å². The number of benzene rings is 6. The summed E-state index contributed by atoms with van der Waals surface area (Å²) in [5, 5.41) is 115. The van der Waals surface area contributed by atoms with Crippen LogP contribution in [-0.2, 0) is 74.4 Å². The number of pyridine rings is 3. The molecule has 0 radical (unpaired) electrons. The molecular weight excluding hydrogens is 1590 g/mol. The Balaban J connectivity index is 0.000000140. The van der Waals surface area contributed by atoms with Crippen LogP contribution < -0.4 is 44.4 Å². The number of aromatic nitrogens is 9. The number of ether oxygens (including phenoxy) is 6. The summed E-state index contributed by atoms with van der Waals surface area (Å²) >= 11 is 3.55. The zero-order valence-corrected chi connectivity index (χ0v) is 68.1. The average Bonchev–Trinajstić information content (AvgIpc) is 1.51. The summed E-state index contributed by atoms with van der Waals surface area (Å²) in [5.74, 6) is -1.21. The Kier molecular flexibility index (Phi) is 23.8. The Morgan fingerprint density at radius 2 is 0.683 bits per heavy atom. The Bertz CT molecular complexity index is 5430. The van der Waals surface area contributed by atoms with Crippen LogP contribution in [0.15, 0.2) is 242 Å². The van der Waals surface area contributed by atoms with Gasteiger partial charge in [-0.3, -0.25) is 29.0 Å². The number of aryl methyl sites for hydroxylation is 3. The number of methoxy groups -OCH3 is 3. The molecule has 618 valence electrons.